The first-order valence-electron chi connectivity index (χ1n) is 22.3. The number of phenols is 2. The van der Waals surface area contributed by atoms with Crippen molar-refractivity contribution in [1.82, 2.24) is 0 Å². The van der Waals surface area contributed by atoms with Gasteiger partial charge in [0.25, 0.3) is 0 Å². The Morgan fingerprint density at radius 1 is 0.482 bits per heavy atom. The Balaban J connectivity index is 2.02. The molecule has 0 saturated carbocycles. The molecule has 0 radical (unpaired) electrons. The summed E-state index contributed by atoms with van der Waals surface area (Å²) in [5, 5.41) is 20.5. The van der Waals surface area contributed by atoms with Crippen molar-refractivity contribution in [3.05, 3.63) is 47.5 Å². The molecule has 8 nitrogen and oxygen atoms in total. The van der Waals surface area contributed by atoms with Crippen molar-refractivity contribution in [3.63, 3.8) is 0 Å². The van der Waals surface area contributed by atoms with Gasteiger partial charge in [0, 0.05) is 24.7 Å². The fourth-order valence-corrected chi connectivity index (χ4v) is 7.44. The van der Waals surface area contributed by atoms with E-state index < -0.39 is 0 Å². The smallest absolute Gasteiger partial charge is 0.305 e. The standard InChI is InChI=1S/C48H78O8/c1-5-7-9-11-13-15-17-19-21-23-25-27-47(51)55-37-41(33-39-29-31-43(49)45(35-39)53-3)42(34-40-30-32-44(50)46(36-40)54-4)38-56-48(52)28-26-24-22-20-18-16-14-12-10-8-6-2/h29-32,35-36,41-42,49-50H,5-28,33-34,37-38H2,1-4H3. The predicted molar refractivity (Wildman–Crippen MR) is 228 cm³/mol. The predicted octanol–water partition coefficient (Wildman–Crippen LogP) is 12.6. The summed E-state index contributed by atoms with van der Waals surface area (Å²) in [7, 11) is 3.03. The second-order valence-electron chi connectivity index (χ2n) is 15.9. The van der Waals surface area contributed by atoms with E-state index in [0.717, 1.165) is 49.7 Å². The van der Waals surface area contributed by atoms with Gasteiger partial charge in [0.1, 0.15) is 0 Å². The zero-order valence-corrected chi connectivity index (χ0v) is 35.8. The number of hydrogen-bond acceptors (Lipinski definition) is 8. The van der Waals surface area contributed by atoms with E-state index in [0.29, 0.717) is 37.2 Å². The maximum Gasteiger partial charge on any atom is 0.305 e. The molecule has 2 N–H and O–H groups in total. The molecular formula is C48H78O8. The Kier molecular flexibility index (Phi) is 27.5. The van der Waals surface area contributed by atoms with Gasteiger partial charge in [0.15, 0.2) is 23.0 Å². The Morgan fingerprint density at radius 3 is 1.09 bits per heavy atom. The van der Waals surface area contributed by atoms with Gasteiger partial charge < -0.3 is 29.2 Å². The summed E-state index contributed by atoms with van der Waals surface area (Å²) in [6.45, 7) is 4.82. The number of carbonyl (C=O) groups excluding carboxylic acids is 2. The van der Waals surface area contributed by atoms with Crippen molar-refractivity contribution in [2.75, 3.05) is 27.4 Å². The largest absolute Gasteiger partial charge is 0.504 e. The van der Waals surface area contributed by atoms with Gasteiger partial charge in [0.05, 0.1) is 27.4 Å². The van der Waals surface area contributed by atoms with Crippen molar-refractivity contribution >= 4 is 11.9 Å². The second kappa shape index (κ2) is 31.6. The van der Waals surface area contributed by atoms with E-state index in [2.05, 4.69) is 13.8 Å². The lowest BCUT2D eigenvalue weighted by molar-refractivity contribution is -0.149. The SMILES string of the molecule is CCCCCCCCCCCCCC(=O)OCC(Cc1ccc(O)c(OC)c1)C(COC(=O)CCCCCCCCCCCCC)Cc1ccc(O)c(OC)c1. The molecule has 0 heterocycles. The minimum absolute atomic E-state index is 0.0512. The van der Waals surface area contributed by atoms with Gasteiger partial charge in [-0.15, -0.1) is 0 Å². The molecule has 2 unspecified atom stereocenters. The van der Waals surface area contributed by atoms with Crippen molar-refractivity contribution in [2.24, 2.45) is 11.8 Å². The second-order valence-corrected chi connectivity index (χ2v) is 15.9. The Labute approximate surface area is 340 Å². The molecule has 2 atom stereocenters. The van der Waals surface area contributed by atoms with Crippen LogP contribution in [0, 0.1) is 11.8 Å². The summed E-state index contributed by atoms with van der Waals surface area (Å²) in [5.41, 5.74) is 1.82. The van der Waals surface area contributed by atoms with Crippen LogP contribution in [0.2, 0.25) is 0 Å². The highest BCUT2D eigenvalue weighted by atomic mass is 16.5. The number of aromatic hydroxyl groups is 2. The molecule has 0 aliphatic rings. The molecule has 0 saturated heterocycles. The highest BCUT2D eigenvalue weighted by Crippen LogP contribution is 2.32. The lowest BCUT2D eigenvalue weighted by Gasteiger charge is -2.27. The van der Waals surface area contributed by atoms with Crippen LogP contribution in [-0.4, -0.2) is 49.6 Å². The van der Waals surface area contributed by atoms with Crippen molar-refractivity contribution in [2.45, 2.75) is 181 Å². The molecule has 0 aromatic heterocycles. The van der Waals surface area contributed by atoms with Gasteiger partial charge in [-0.2, -0.15) is 0 Å². The molecule has 0 fully saturated rings. The number of esters is 2. The van der Waals surface area contributed by atoms with Crippen LogP contribution in [-0.2, 0) is 31.9 Å². The van der Waals surface area contributed by atoms with Gasteiger partial charge in [-0.05, 0) is 61.1 Å². The molecule has 2 rings (SSSR count). The molecule has 0 spiro atoms. The monoisotopic (exact) mass is 783 g/mol. The summed E-state index contributed by atoms with van der Waals surface area (Å²) in [6, 6.07) is 10.5. The average Bonchev–Trinajstić information content (AvgIpc) is 3.20. The molecule has 0 bridgehead atoms. The molecule has 8 heteroatoms. The van der Waals surface area contributed by atoms with E-state index in [1.807, 2.05) is 12.1 Å². The summed E-state index contributed by atoms with van der Waals surface area (Å²) in [4.78, 5) is 26.1. The van der Waals surface area contributed by atoms with E-state index in [9.17, 15) is 19.8 Å². The molecule has 318 valence electrons. The summed E-state index contributed by atoms with van der Waals surface area (Å²) in [5.74, 6) is -0.00725. The minimum atomic E-state index is -0.215. The third-order valence-corrected chi connectivity index (χ3v) is 11.0. The fraction of sp³-hybridized carbons (Fsp3) is 0.708. The molecule has 2 aromatic rings. The zero-order chi connectivity index (χ0) is 40.6. The highest BCUT2D eigenvalue weighted by molar-refractivity contribution is 5.69. The molecule has 2 aromatic carbocycles. The summed E-state index contributed by atoms with van der Waals surface area (Å²) in [6.07, 6.45) is 28.5. The topological polar surface area (TPSA) is 112 Å². The van der Waals surface area contributed by atoms with Gasteiger partial charge in [-0.3, -0.25) is 9.59 Å². The third kappa shape index (κ3) is 22.4. The number of rotatable bonds is 35. The van der Waals surface area contributed by atoms with E-state index in [1.54, 1.807) is 24.3 Å². The number of unbranched alkanes of at least 4 members (excludes halogenated alkanes) is 20. The molecular weight excluding hydrogens is 705 g/mol. The van der Waals surface area contributed by atoms with Crippen LogP contribution in [0.25, 0.3) is 0 Å². The van der Waals surface area contributed by atoms with Gasteiger partial charge in [-0.25, -0.2) is 0 Å². The lowest BCUT2D eigenvalue weighted by Crippen LogP contribution is -2.30. The van der Waals surface area contributed by atoms with Crippen LogP contribution < -0.4 is 9.47 Å². The van der Waals surface area contributed by atoms with Crippen LogP contribution in [0.15, 0.2) is 36.4 Å². The van der Waals surface area contributed by atoms with Crippen LogP contribution in [0.5, 0.6) is 23.0 Å². The normalized spacial score (nSPS) is 12.3. The van der Waals surface area contributed by atoms with Crippen LogP contribution in [0.3, 0.4) is 0 Å². The van der Waals surface area contributed by atoms with Gasteiger partial charge in [0.2, 0.25) is 0 Å². The van der Waals surface area contributed by atoms with E-state index in [1.165, 1.54) is 117 Å². The van der Waals surface area contributed by atoms with E-state index in [4.69, 9.17) is 18.9 Å². The number of ether oxygens (including phenoxy) is 4. The van der Waals surface area contributed by atoms with Crippen molar-refractivity contribution < 1.29 is 38.7 Å². The molecule has 0 aliphatic carbocycles. The molecule has 0 amide bonds. The maximum atomic E-state index is 13.1. The number of phenolic OH excluding ortho intramolecular Hbond substituents is 2. The lowest BCUT2D eigenvalue weighted by atomic mass is 9.83. The van der Waals surface area contributed by atoms with E-state index in [-0.39, 0.29) is 48.5 Å². The quantitative estimate of drug-likeness (QED) is 0.0525. The average molecular weight is 783 g/mol. The number of carbonyl (C=O) groups is 2. The molecule has 56 heavy (non-hydrogen) atoms. The third-order valence-electron chi connectivity index (χ3n) is 11.0. The van der Waals surface area contributed by atoms with Crippen LogP contribution in [0.1, 0.15) is 179 Å². The molecule has 0 aliphatic heterocycles. The first kappa shape index (κ1) is 48.7. The van der Waals surface area contributed by atoms with Gasteiger partial charge >= 0.3 is 11.9 Å². The number of hydrogen-bond donors (Lipinski definition) is 2. The highest BCUT2D eigenvalue weighted by Gasteiger charge is 2.27. The Hall–Kier alpha value is -3.42. The first-order chi connectivity index (χ1) is 27.3. The minimum Gasteiger partial charge on any atom is -0.504 e. The maximum absolute atomic E-state index is 13.1. The summed E-state index contributed by atoms with van der Waals surface area (Å²) < 4.78 is 22.7. The Bertz CT molecular complexity index is 1210. The zero-order valence-electron chi connectivity index (χ0n) is 35.8. The number of benzene rings is 2. The summed E-state index contributed by atoms with van der Waals surface area (Å²) >= 11 is 0. The van der Waals surface area contributed by atoms with Crippen LogP contribution >= 0.6 is 0 Å². The van der Waals surface area contributed by atoms with Crippen LogP contribution in [0.4, 0.5) is 0 Å². The van der Waals surface area contributed by atoms with Crippen molar-refractivity contribution in [1.29, 1.82) is 0 Å². The first-order valence-corrected chi connectivity index (χ1v) is 22.3. The van der Waals surface area contributed by atoms with Gasteiger partial charge in [-0.1, -0.05) is 154 Å². The van der Waals surface area contributed by atoms with E-state index >= 15 is 0 Å². The fourth-order valence-electron chi connectivity index (χ4n) is 7.44. The number of methoxy groups -OCH3 is 2. The van der Waals surface area contributed by atoms with Crippen molar-refractivity contribution in [3.8, 4) is 23.0 Å². The Morgan fingerprint density at radius 2 is 0.786 bits per heavy atom.